The SMILES string of the molecule is COC(=O)[C@H](Cc1ccc(C#N)cc1Cl)NC(=O)OC(C)(C)C. The highest BCUT2D eigenvalue weighted by Crippen LogP contribution is 2.20. The molecule has 1 N–H and O–H groups in total. The van der Waals surface area contributed by atoms with E-state index in [9.17, 15) is 9.59 Å². The number of rotatable bonds is 4. The lowest BCUT2D eigenvalue weighted by molar-refractivity contribution is -0.143. The van der Waals surface area contributed by atoms with Crippen LogP contribution >= 0.6 is 11.6 Å². The van der Waals surface area contributed by atoms with Crippen molar-refractivity contribution in [2.45, 2.75) is 38.8 Å². The predicted molar refractivity (Wildman–Crippen MR) is 85.0 cm³/mol. The molecule has 0 aromatic heterocycles. The number of nitrogens with one attached hydrogen (secondary N) is 1. The van der Waals surface area contributed by atoms with Crippen molar-refractivity contribution in [1.29, 1.82) is 5.26 Å². The topological polar surface area (TPSA) is 88.4 Å². The summed E-state index contributed by atoms with van der Waals surface area (Å²) in [5.74, 6) is -0.615. The summed E-state index contributed by atoms with van der Waals surface area (Å²) in [6.07, 6.45) is -0.603. The highest BCUT2D eigenvalue weighted by atomic mass is 35.5. The van der Waals surface area contributed by atoms with Gasteiger partial charge in [-0.05, 0) is 38.5 Å². The molecule has 1 atom stereocenters. The van der Waals surface area contributed by atoms with Gasteiger partial charge in [0.15, 0.2) is 0 Å². The number of methoxy groups -OCH3 is 1. The Kier molecular flexibility index (Phi) is 6.40. The Morgan fingerprint density at radius 1 is 1.39 bits per heavy atom. The molecular formula is C16H19ClN2O4. The van der Waals surface area contributed by atoms with E-state index >= 15 is 0 Å². The Hall–Kier alpha value is -2.26. The van der Waals surface area contributed by atoms with Gasteiger partial charge in [-0.2, -0.15) is 5.26 Å². The lowest BCUT2D eigenvalue weighted by atomic mass is 10.0. The normalized spacial score (nSPS) is 12.0. The zero-order valence-corrected chi connectivity index (χ0v) is 14.2. The predicted octanol–water partition coefficient (Wildman–Crippen LogP) is 2.82. The van der Waals surface area contributed by atoms with Gasteiger partial charge in [0.1, 0.15) is 11.6 Å². The van der Waals surface area contributed by atoms with E-state index in [-0.39, 0.29) is 6.42 Å². The summed E-state index contributed by atoms with van der Waals surface area (Å²) in [4.78, 5) is 23.7. The molecule has 23 heavy (non-hydrogen) atoms. The number of esters is 1. The summed E-state index contributed by atoms with van der Waals surface area (Å²) in [7, 11) is 1.23. The number of benzene rings is 1. The number of hydrogen-bond donors (Lipinski definition) is 1. The van der Waals surface area contributed by atoms with Crippen molar-refractivity contribution in [2.75, 3.05) is 7.11 Å². The number of amides is 1. The lowest BCUT2D eigenvalue weighted by Crippen LogP contribution is -2.45. The molecule has 0 bridgehead atoms. The van der Waals surface area contributed by atoms with Gasteiger partial charge >= 0.3 is 12.1 Å². The minimum absolute atomic E-state index is 0.121. The molecule has 1 aromatic rings. The van der Waals surface area contributed by atoms with E-state index in [1.54, 1.807) is 32.9 Å². The molecule has 0 radical (unpaired) electrons. The Morgan fingerprint density at radius 3 is 2.52 bits per heavy atom. The highest BCUT2D eigenvalue weighted by molar-refractivity contribution is 6.31. The number of halogens is 1. The monoisotopic (exact) mass is 338 g/mol. The van der Waals surface area contributed by atoms with Gasteiger partial charge in [0.05, 0.1) is 18.7 Å². The fourth-order valence-electron chi connectivity index (χ4n) is 1.79. The first-order valence-corrected chi connectivity index (χ1v) is 7.30. The van der Waals surface area contributed by atoms with Crippen molar-refractivity contribution >= 4 is 23.7 Å². The molecule has 0 unspecified atom stereocenters. The molecule has 7 heteroatoms. The molecule has 0 saturated heterocycles. The first kappa shape index (κ1) is 18.8. The minimum atomic E-state index is -0.944. The van der Waals surface area contributed by atoms with Crippen LogP contribution in [0.1, 0.15) is 31.9 Å². The van der Waals surface area contributed by atoms with Crippen molar-refractivity contribution in [2.24, 2.45) is 0 Å². The third-order valence-corrected chi connectivity index (χ3v) is 3.13. The second-order valence-electron chi connectivity index (χ2n) is 5.84. The first-order chi connectivity index (χ1) is 10.7. The van der Waals surface area contributed by atoms with Crippen LogP contribution in [0.25, 0.3) is 0 Å². The highest BCUT2D eigenvalue weighted by Gasteiger charge is 2.26. The molecule has 124 valence electrons. The van der Waals surface area contributed by atoms with Crippen molar-refractivity contribution in [3.63, 3.8) is 0 Å². The van der Waals surface area contributed by atoms with Crippen LogP contribution in [0.2, 0.25) is 5.02 Å². The van der Waals surface area contributed by atoms with Gasteiger partial charge in [0.25, 0.3) is 0 Å². The number of nitriles is 1. The molecule has 0 heterocycles. The van der Waals surface area contributed by atoms with Gasteiger partial charge in [0.2, 0.25) is 0 Å². The van der Waals surface area contributed by atoms with Crippen LogP contribution in [0, 0.1) is 11.3 Å². The van der Waals surface area contributed by atoms with Crippen LogP contribution in [0.3, 0.4) is 0 Å². The summed E-state index contributed by atoms with van der Waals surface area (Å²) in [5, 5.41) is 11.6. The smallest absolute Gasteiger partial charge is 0.408 e. The number of ether oxygens (including phenoxy) is 2. The van der Waals surface area contributed by atoms with Gasteiger partial charge in [0, 0.05) is 11.4 Å². The van der Waals surface area contributed by atoms with Crippen molar-refractivity contribution in [3.8, 4) is 6.07 Å². The fraction of sp³-hybridized carbons (Fsp3) is 0.438. The molecule has 1 amide bonds. The fourth-order valence-corrected chi connectivity index (χ4v) is 2.05. The largest absolute Gasteiger partial charge is 0.467 e. The van der Waals surface area contributed by atoms with Crippen LogP contribution < -0.4 is 5.32 Å². The Bertz CT molecular complexity index is 632. The molecule has 0 aliphatic carbocycles. The summed E-state index contributed by atoms with van der Waals surface area (Å²) in [5.41, 5.74) is 0.335. The third kappa shape index (κ3) is 6.17. The van der Waals surface area contributed by atoms with Crippen molar-refractivity contribution in [3.05, 3.63) is 34.3 Å². The van der Waals surface area contributed by atoms with E-state index in [0.29, 0.717) is 16.1 Å². The van der Waals surface area contributed by atoms with Crippen LogP contribution in [-0.4, -0.2) is 30.8 Å². The zero-order chi connectivity index (χ0) is 17.6. The summed E-state index contributed by atoms with van der Waals surface area (Å²) in [6, 6.07) is 5.75. The van der Waals surface area contributed by atoms with Crippen molar-refractivity contribution in [1.82, 2.24) is 5.32 Å². The van der Waals surface area contributed by atoms with E-state index < -0.39 is 23.7 Å². The summed E-state index contributed by atoms with van der Waals surface area (Å²) in [6.45, 7) is 5.16. The Labute approximate surface area is 140 Å². The van der Waals surface area contributed by atoms with Crippen molar-refractivity contribution < 1.29 is 19.1 Å². The van der Waals surface area contributed by atoms with Gasteiger partial charge < -0.3 is 14.8 Å². The molecule has 0 aliphatic heterocycles. The maximum atomic E-state index is 11.9. The number of carbonyl (C=O) groups excluding carboxylic acids is 2. The van der Waals surface area contributed by atoms with Gasteiger partial charge in [-0.1, -0.05) is 17.7 Å². The van der Waals surface area contributed by atoms with E-state index in [4.69, 9.17) is 26.3 Å². The molecule has 0 saturated carbocycles. The third-order valence-electron chi connectivity index (χ3n) is 2.78. The van der Waals surface area contributed by atoms with E-state index in [1.807, 2.05) is 6.07 Å². The van der Waals surface area contributed by atoms with Gasteiger partial charge in [-0.25, -0.2) is 9.59 Å². The number of hydrogen-bond acceptors (Lipinski definition) is 5. The zero-order valence-electron chi connectivity index (χ0n) is 13.5. The lowest BCUT2D eigenvalue weighted by Gasteiger charge is -2.22. The second kappa shape index (κ2) is 7.84. The number of carbonyl (C=O) groups is 2. The van der Waals surface area contributed by atoms with E-state index in [1.165, 1.54) is 13.2 Å². The quantitative estimate of drug-likeness (QED) is 0.853. The average molecular weight is 339 g/mol. The molecule has 1 rings (SSSR count). The molecule has 1 aromatic carbocycles. The Morgan fingerprint density at radius 2 is 2.04 bits per heavy atom. The average Bonchev–Trinajstić information content (AvgIpc) is 2.45. The Balaban J connectivity index is 2.90. The molecule has 0 aliphatic rings. The summed E-state index contributed by atoms with van der Waals surface area (Å²) >= 11 is 6.10. The van der Waals surface area contributed by atoms with Gasteiger partial charge in [-0.3, -0.25) is 0 Å². The number of alkyl carbamates (subject to hydrolysis) is 1. The maximum Gasteiger partial charge on any atom is 0.408 e. The molecular weight excluding hydrogens is 320 g/mol. The van der Waals surface area contributed by atoms with Crippen LogP contribution in [-0.2, 0) is 20.7 Å². The van der Waals surface area contributed by atoms with Gasteiger partial charge in [-0.15, -0.1) is 0 Å². The van der Waals surface area contributed by atoms with E-state index in [2.05, 4.69) is 5.32 Å². The second-order valence-corrected chi connectivity index (χ2v) is 6.25. The summed E-state index contributed by atoms with van der Waals surface area (Å²) < 4.78 is 9.83. The van der Waals surface area contributed by atoms with Crippen LogP contribution in [0.5, 0.6) is 0 Å². The first-order valence-electron chi connectivity index (χ1n) is 6.92. The standard InChI is InChI=1S/C16H19ClN2O4/c1-16(2,3)23-15(21)19-13(14(20)22-4)8-11-6-5-10(9-18)7-12(11)17/h5-7,13H,8H2,1-4H3,(H,19,21)/t13-/m0/s1. The molecule has 6 nitrogen and oxygen atoms in total. The minimum Gasteiger partial charge on any atom is -0.467 e. The molecule has 0 fully saturated rings. The number of nitrogens with zero attached hydrogens (tertiary/aromatic N) is 1. The van der Waals surface area contributed by atoms with E-state index in [0.717, 1.165) is 0 Å². The maximum absolute atomic E-state index is 11.9. The van der Waals surface area contributed by atoms with Crippen LogP contribution in [0.15, 0.2) is 18.2 Å². The van der Waals surface area contributed by atoms with Crippen LogP contribution in [0.4, 0.5) is 4.79 Å². The molecule has 0 spiro atoms.